The first-order valence-corrected chi connectivity index (χ1v) is 6.17. The molecule has 82 valence electrons. The fraction of sp³-hybridized carbons (Fsp3) is 1.00. The smallest absolute Gasteiger partial charge is 0.376 e. The summed E-state index contributed by atoms with van der Waals surface area (Å²) in [5.74, 6) is 0. The van der Waals surface area contributed by atoms with Gasteiger partial charge in [0.25, 0.3) is 5.25 Å². The summed E-state index contributed by atoms with van der Waals surface area (Å²) in [6.45, 7) is 4.06. The molecule has 1 rings (SSSR count). The minimum atomic E-state index is 0.0168. The normalized spacial score (nSPS) is 24.5. The van der Waals surface area contributed by atoms with Crippen LogP contribution < -0.4 is 0 Å². The second kappa shape index (κ2) is 7.26. The van der Waals surface area contributed by atoms with Crippen LogP contribution in [0.3, 0.4) is 0 Å². The highest BCUT2D eigenvalue weighted by Gasteiger charge is 2.34. The molecule has 1 heterocycles. The highest BCUT2D eigenvalue weighted by Crippen LogP contribution is 2.14. The van der Waals surface area contributed by atoms with Crippen molar-refractivity contribution in [1.29, 1.82) is 0 Å². The molecule has 2 unspecified atom stereocenters. The fourth-order valence-electron chi connectivity index (χ4n) is 1.61. The van der Waals surface area contributed by atoms with E-state index >= 15 is 0 Å². The lowest BCUT2D eigenvalue weighted by molar-refractivity contribution is -0.0888. The standard InChI is InChI=1S/C10H19O3S/c1-2-3-4-5-10(14-11)9-8-12-6-7-13-9/h9-10H,2-8H2,1H3/q+1. The quantitative estimate of drug-likeness (QED) is 0.504. The Labute approximate surface area is 89.7 Å². The number of hydrogen-bond acceptors (Lipinski definition) is 3. The molecule has 0 aliphatic carbocycles. The molecule has 1 saturated heterocycles. The second-order valence-electron chi connectivity index (χ2n) is 3.61. The average molecular weight is 219 g/mol. The van der Waals surface area contributed by atoms with Gasteiger partial charge in [-0.05, 0) is 6.42 Å². The van der Waals surface area contributed by atoms with Crippen molar-refractivity contribution in [2.75, 3.05) is 19.8 Å². The number of rotatable bonds is 6. The summed E-state index contributed by atoms with van der Waals surface area (Å²) in [6, 6.07) is 0. The summed E-state index contributed by atoms with van der Waals surface area (Å²) in [7, 11) is 0. The van der Waals surface area contributed by atoms with Crippen LogP contribution in [0.15, 0.2) is 0 Å². The van der Waals surface area contributed by atoms with E-state index in [9.17, 15) is 4.21 Å². The second-order valence-corrected chi connectivity index (χ2v) is 4.41. The predicted molar refractivity (Wildman–Crippen MR) is 56.5 cm³/mol. The molecule has 0 spiro atoms. The first-order chi connectivity index (χ1) is 6.88. The topological polar surface area (TPSA) is 35.5 Å². The van der Waals surface area contributed by atoms with Gasteiger partial charge in [0, 0.05) is 10.6 Å². The van der Waals surface area contributed by atoms with Crippen LogP contribution in [-0.2, 0) is 25.3 Å². The number of hydrogen-bond donors (Lipinski definition) is 0. The Kier molecular flexibility index (Phi) is 6.23. The molecule has 3 nitrogen and oxygen atoms in total. The van der Waals surface area contributed by atoms with Crippen molar-refractivity contribution >= 4 is 11.7 Å². The highest BCUT2D eigenvalue weighted by molar-refractivity contribution is 7.66. The van der Waals surface area contributed by atoms with E-state index < -0.39 is 0 Å². The lowest BCUT2D eigenvalue weighted by atomic mass is 10.1. The van der Waals surface area contributed by atoms with Crippen molar-refractivity contribution in [3.05, 3.63) is 0 Å². The lowest BCUT2D eigenvalue weighted by Crippen LogP contribution is -2.38. The molecule has 4 heteroatoms. The molecule has 0 aromatic rings. The Morgan fingerprint density at radius 1 is 1.43 bits per heavy atom. The molecule has 0 amide bonds. The molecular weight excluding hydrogens is 200 g/mol. The minimum absolute atomic E-state index is 0.0168. The van der Waals surface area contributed by atoms with Gasteiger partial charge in [-0.15, -0.1) is 0 Å². The van der Waals surface area contributed by atoms with Crippen LogP contribution in [0.5, 0.6) is 0 Å². The third-order valence-corrected chi connectivity index (χ3v) is 3.26. The summed E-state index contributed by atoms with van der Waals surface area (Å²) in [5, 5.41) is 0.0712. The number of ether oxygens (including phenoxy) is 2. The summed E-state index contributed by atoms with van der Waals surface area (Å²) >= 11 is 0.672. The predicted octanol–water partition coefficient (Wildman–Crippen LogP) is 1.78. The van der Waals surface area contributed by atoms with Crippen molar-refractivity contribution < 1.29 is 13.7 Å². The van der Waals surface area contributed by atoms with Crippen molar-refractivity contribution in [2.24, 2.45) is 0 Å². The Morgan fingerprint density at radius 2 is 2.29 bits per heavy atom. The maximum absolute atomic E-state index is 10.9. The van der Waals surface area contributed by atoms with Gasteiger partial charge >= 0.3 is 11.7 Å². The SMILES string of the molecule is CCCCCC([S+]=O)C1COCCO1. The Hall–Kier alpha value is -0.0600. The Morgan fingerprint density at radius 3 is 2.86 bits per heavy atom. The first kappa shape index (κ1) is 12.0. The number of unbranched alkanes of at least 4 members (excludes halogenated alkanes) is 2. The van der Waals surface area contributed by atoms with E-state index in [0.29, 0.717) is 31.5 Å². The molecule has 0 aromatic carbocycles. The third kappa shape index (κ3) is 3.98. The van der Waals surface area contributed by atoms with Gasteiger partial charge < -0.3 is 9.47 Å². The lowest BCUT2D eigenvalue weighted by Gasteiger charge is -2.21. The van der Waals surface area contributed by atoms with Gasteiger partial charge in [0.15, 0.2) is 0 Å². The minimum Gasteiger partial charge on any atom is -0.376 e. The average Bonchev–Trinajstić information content (AvgIpc) is 2.26. The van der Waals surface area contributed by atoms with Gasteiger partial charge in [-0.1, -0.05) is 19.8 Å². The maximum atomic E-state index is 10.9. The molecule has 0 aromatic heterocycles. The van der Waals surface area contributed by atoms with E-state index in [1.807, 2.05) is 0 Å². The van der Waals surface area contributed by atoms with Crippen LogP contribution in [0.4, 0.5) is 0 Å². The zero-order valence-electron chi connectivity index (χ0n) is 8.74. The molecule has 0 N–H and O–H groups in total. The summed E-state index contributed by atoms with van der Waals surface area (Å²) in [6.07, 6.45) is 4.48. The first-order valence-electron chi connectivity index (χ1n) is 5.36. The van der Waals surface area contributed by atoms with Gasteiger partial charge in [-0.25, -0.2) is 0 Å². The van der Waals surface area contributed by atoms with E-state index in [1.54, 1.807) is 0 Å². The molecule has 1 aliphatic heterocycles. The molecular formula is C10H19O3S+. The Balaban J connectivity index is 2.24. The van der Waals surface area contributed by atoms with Crippen LogP contribution in [-0.4, -0.2) is 31.2 Å². The van der Waals surface area contributed by atoms with Crippen molar-refractivity contribution in [1.82, 2.24) is 0 Å². The van der Waals surface area contributed by atoms with Crippen LogP contribution in [0.1, 0.15) is 32.6 Å². The molecule has 14 heavy (non-hydrogen) atoms. The van der Waals surface area contributed by atoms with Crippen LogP contribution in [0.25, 0.3) is 0 Å². The van der Waals surface area contributed by atoms with Crippen molar-refractivity contribution in [3.8, 4) is 0 Å². The maximum Gasteiger partial charge on any atom is 0.465 e. The van der Waals surface area contributed by atoms with Gasteiger partial charge in [-0.2, -0.15) is 0 Å². The Bertz CT molecular complexity index is 157. The van der Waals surface area contributed by atoms with Gasteiger partial charge in [0.2, 0.25) is 0 Å². The van der Waals surface area contributed by atoms with Crippen LogP contribution in [0, 0.1) is 0 Å². The third-order valence-electron chi connectivity index (χ3n) is 2.47. The van der Waals surface area contributed by atoms with Gasteiger partial charge in [-0.3, -0.25) is 0 Å². The van der Waals surface area contributed by atoms with Gasteiger partial charge in [0.1, 0.15) is 6.10 Å². The van der Waals surface area contributed by atoms with E-state index in [2.05, 4.69) is 6.92 Å². The fourth-order valence-corrected chi connectivity index (χ4v) is 2.16. The van der Waals surface area contributed by atoms with Crippen LogP contribution >= 0.6 is 0 Å². The van der Waals surface area contributed by atoms with E-state index in [0.717, 1.165) is 12.8 Å². The molecule has 0 bridgehead atoms. The zero-order chi connectivity index (χ0) is 10.2. The van der Waals surface area contributed by atoms with Gasteiger partial charge in [0.05, 0.1) is 19.8 Å². The monoisotopic (exact) mass is 219 g/mol. The molecule has 2 atom stereocenters. The van der Waals surface area contributed by atoms with E-state index in [4.69, 9.17) is 9.47 Å². The van der Waals surface area contributed by atoms with Crippen molar-refractivity contribution in [2.45, 2.75) is 44.0 Å². The van der Waals surface area contributed by atoms with Crippen molar-refractivity contribution in [3.63, 3.8) is 0 Å². The molecule has 0 radical (unpaired) electrons. The summed E-state index contributed by atoms with van der Waals surface area (Å²) in [5.41, 5.74) is 0. The summed E-state index contributed by atoms with van der Waals surface area (Å²) < 4.78 is 21.7. The molecule has 0 saturated carbocycles. The molecule has 1 fully saturated rings. The summed E-state index contributed by atoms with van der Waals surface area (Å²) in [4.78, 5) is 0. The zero-order valence-corrected chi connectivity index (χ0v) is 9.55. The highest BCUT2D eigenvalue weighted by atomic mass is 32.1. The van der Waals surface area contributed by atoms with Crippen LogP contribution in [0.2, 0.25) is 0 Å². The van der Waals surface area contributed by atoms with E-state index in [-0.39, 0.29) is 11.4 Å². The van der Waals surface area contributed by atoms with E-state index in [1.165, 1.54) is 12.8 Å². The molecule has 1 aliphatic rings. The largest absolute Gasteiger partial charge is 0.465 e.